The summed E-state index contributed by atoms with van der Waals surface area (Å²) >= 11 is 6.43. The smallest absolute Gasteiger partial charge is 0.262 e. The number of nitrogens with one attached hydrogen (secondary N) is 1. The number of hydrogen-bond donors (Lipinski definition) is 1. The number of ether oxygens (including phenoxy) is 2. The van der Waals surface area contributed by atoms with Crippen LogP contribution in [-0.4, -0.2) is 13.0 Å². The van der Waals surface area contributed by atoms with Crippen molar-refractivity contribution in [3.63, 3.8) is 0 Å². The van der Waals surface area contributed by atoms with Crippen LogP contribution in [0.2, 0.25) is 5.02 Å². The van der Waals surface area contributed by atoms with Crippen molar-refractivity contribution in [1.29, 1.82) is 5.26 Å². The van der Waals surface area contributed by atoms with Crippen LogP contribution in [0.5, 0.6) is 11.5 Å². The van der Waals surface area contributed by atoms with Crippen molar-refractivity contribution in [3.05, 3.63) is 99.6 Å². The lowest BCUT2D eigenvalue weighted by molar-refractivity contribution is -0.117. The number of halogens is 1. The summed E-state index contributed by atoms with van der Waals surface area (Å²) in [5.74, 6) is 0.350. The van der Waals surface area contributed by atoms with E-state index < -0.39 is 5.91 Å². The molecule has 1 amide bonds. The number of amides is 1. The van der Waals surface area contributed by atoms with Gasteiger partial charge in [0.2, 0.25) is 0 Å². The molecule has 0 atom stereocenters. The molecule has 0 saturated heterocycles. The summed E-state index contributed by atoms with van der Waals surface area (Å²) in [6.45, 7) is 2.68. The van der Waals surface area contributed by atoms with Crippen molar-refractivity contribution in [2.24, 2.45) is 0 Å². The average Bonchev–Trinajstić information content (AvgIpc) is 2.81. The molecule has 0 aliphatic heterocycles. The van der Waals surface area contributed by atoms with Crippen molar-refractivity contribution in [1.82, 2.24) is 5.32 Å². The number of hydrogen-bond acceptors (Lipinski definition) is 4. The number of rotatable bonds is 8. The normalized spacial score (nSPS) is 10.9. The van der Waals surface area contributed by atoms with Gasteiger partial charge in [0.25, 0.3) is 5.91 Å². The van der Waals surface area contributed by atoms with E-state index in [1.54, 1.807) is 12.1 Å². The van der Waals surface area contributed by atoms with Gasteiger partial charge >= 0.3 is 0 Å². The largest absolute Gasteiger partial charge is 0.493 e. The van der Waals surface area contributed by atoms with Gasteiger partial charge in [-0.3, -0.25) is 4.79 Å². The molecule has 0 unspecified atom stereocenters. The standard InChI is InChI=1S/C26H23ClN2O3/c1-18-8-10-20(11-9-18)17-32-25-23(27)13-21(14-24(25)31-2)12-22(15-28)26(30)29-16-19-6-4-3-5-7-19/h3-14H,16-17H2,1-2H3,(H,29,30)/b22-12-. The minimum atomic E-state index is -0.467. The Balaban J connectivity index is 1.75. The maximum absolute atomic E-state index is 12.5. The summed E-state index contributed by atoms with van der Waals surface area (Å²) in [5, 5.41) is 12.5. The Morgan fingerprint density at radius 2 is 1.81 bits per heavy atom. The molecular weight excluding hydrogens is 424 g/mol. The summed E-state index contributed by atoms with van der Waals surface area (Å²) in [5.41, 5.74) is 3.63. The number of nitrogens with zero attached hydrogens (tertiary/aromatic N) is 1. The van der Waals surface area contributed by atoms with Crippen LogP contribution in [0.1, 0.15) is 22.3 Å². The van der Waals surface area contributed by atoms with Crippen molar-refractivity contribution >= 4 is 23.6 Å². The number of methoxy groups -OCH3 is 1. The predicted octanol–water partition coefficient (Wildman–Crippen LogP) is 5.46. The lowest BCUT2D eigenvalue weighted by Gasteiger charge is -2.14. The van der Waals surface area contributed by atoms with Crippen LogP contribution < -0.4 is 14.8 Å². The molecule has 3 aromatic rings. The molecule has 32 heavy (non-hydrogen) atoms. The highest BCUT2D eigenvalue weighted by atomic mass is 35.5. The molecule has 0 aromatic heterocycles. The average molecular weight is 447 g/mol. The van der Waals surface area contributed by atoms with E-state index in [0.29, 0.717) is 35.2 Å². The van der Waals surface area contributed by atoms with E-state index >= 15 is 0 Å². The number of carbonyl (C=O) groups excluding carboxylic acids is 1. The summed E-state index contributed by atoms with van der Waals surface area (Å²) in [6, 6.07) is 22.7. The predicted molar refractivity (Wildman–Crippen MR) is 125 cm³/mol. The first kappa shape index (κ1) is 22.9. The van der Waals surface area contributed by atoms with Gasteiger partial charge < -0.3 is 14.8 Å². The van der Waals surface area contributed by atoms with Crippen LogP contribution in [0.4, 0.5) is 0 Å². The Kier molecular flexibility index (Phi) is 7.91. The molecule has 0 radical (unpaired) electrons. The maximum Gasteiger partial charge on any atom is 0.262 e. The molecule has 3 rings (SSSR count). The van der Waals surface area contributed by atoms with Gasteiger partial charge in [-0.05, 0) is 41.8 Å². The second kappa shape index (κ2) is 11.0. The monoisotopic (exact) mass is 446 g/mol. The van der Waals surface area contributed by atoms with E-state index in [-0.39, 0.29) is 5.57 Å². The Morgan fingerprint density at radius 1 is 1.09 bits per heavy atom. The number of nitriles is 1. The van der Waals surface area contributed by atoms with Crippen LogP contribution in [0, 0.1) is 18.3 Å². The van der Waals surface area contributed by atoms with E-state index in [2.05, 4.69) is 5.32 Å². The van der Waals surface area contributed by atoms with Crippen LogP contribution in [0.3, 0.4) is 0 Å². The van der Waals surface area contributed by atoms with Gasteiger partial charge in [0.05, 0.1) is 12.1 Å². The molecule has 3 aromatic carbocycles. The fraction of sp³-hybridized carbons (Fsp3) is 0.154. The first-order chi connectivity index (χ1) is 15.5. The zero-order valence-corrected chi connectivity index (χ0v) is 18.6. The summed E-state index contributed by atoms with van der Waals surface area (Å²) in [7, 11) is 1.51. The molecule has 0 heterocycles. The van der Waals surface area contributed by atoms with Crippen molar-refractivity contribution in [2.45, 2.75) is 20.1 Å². The molecule has 0 aliphatic rings. The summed E-state index contributed by atoms with van der Waals surface area (Å²) < 4.78 is 11.3. The van der Waals surface area contributed by atoms with E-state index in [1.165, 1.54) is 18.7 Å². The van der Waals surface area contributed by atoms with Gasteiger partial charge in [-0.2, -0.15) is 5.26 Å². The Labute approximate surface area is 192 Å². The fourth-order valence-corrected chi connectivity index (χ4v) is 3.27. The fourth-order valence-electron chi connectivity index (χ4n) is 2.99. The van der Waals surface area contributed by atoms with Gasteiger partial charge in [0.1, 0.15) is 18.2 Å². The minimum Gasteiger partial charge on any atom is -0.493 e. The molecule has 0 aliphatic carbocycles. The van der Waals surface area contributed by atoms with E-state index in [9.17, 15) is 10.1 Å². The van der Waals surface area contributed by atoms with Crippen molar-refractivity contribution in [2.75, 3.05) is 7.11 Å². The molecule has 162 valence electrons. The van der Waals surface area contributed by atoms with Crippen LogP contribution in [0.25, 0.3) is 6.08 Å². The lowest BCUT2D eigenvalue weighted by atomic mass is 10.1. The first-order valence-electron chi connectivity index (χ1n) is 10.00. The Hall–Kier alpha value is -3.75. The summed E-state index contributed by atoms with van der Waals surface area (Å²) in [6.07, 6.45) is 1.47. The van der Waals surface area contributed by atoms with Gasteiger partial charge in [0.15, 0.2) is 11.5 Å². The maximum atomic E-state index is 12.5. The molecule has 0 saturated carbocycles. The van der Waals surface area contributed by atoms with Crippen LogP contribution >= 0.6 is 11.6 Å². The SMILES string of the molecule is COc1cc(/C=C(/C#N)C(=O)NCc2ccccc2)cc(Cl)c1OCc1ccc(C)cc1. The van der Waals surface area contributed by atoms with Gasteiger partial charge in [-0.25, -0.2) is 0 Å². The third kappa shape index (κ3) is 6.13. The number of aryl methyl sites for hydroxylation is 1. The van der Waals surface area contributed by atoms with Crippen LogP contribution in [-0.2, 0) is 17.9 Å². The van der Waals surface area contributed by atoms with Gasteiger partial charge in [-0.15, -0.1) is 0 Å². The number of benzene rings is 3. The quantitative estimate of drug-likeness (QED) is 0.368. The zero-order valence-electron chi connectivity index (χ0n) is 17.9. The molecule has 0 spiro atoms. The highest BCUT2D eigenvalue weighted by Crippen LogP contribution is 2.37. The first-order valence-corrected chi connectivity index (χ1v) is 10.4. The third-order valence-corrected chi connectivity index (χ3v) is 5.01. The highest BCUT2D eigenvalue weighted by molar-refractivity contribution is 6.32. The molecule has 0 bridgehead atoms. The topological polar surface area (TPSA) is 71.3 Å². The molecule has 0 fully saturated rings. The van der Waals surface area contributed by atoms with E-state index in [1.807, 2.05) is 67.6 Å². The van der Waals surface area contributed by atoms with Gasteiger partial charge in [-0.1, -0.05) is 71.8 Å². The molecular formula is C26H23ClN2O3. The molecule has 6 heteroatoms. The van der Waals surface area contributed by atoms with E-state index in [4.69, 9.17) is 21.1 Å². The Morgan fingerprint density at radius 3 is 2.47 bits per heavy atom. The third-order valence-electron chi connectivity index (χ3n) is 4.73. The van der Waals surface area contributed by atoms with Crippen molar-refractivity contribution in [3.8, 4) is 17.6 Å². The van der Waals surface area contributed by atoms with Gasteiger partial charge in [0, 0.05) is 6.54 Å². The zero-order chi connectivity index (χ0) is 22.9. The molecule has 1 N–H and O–H groups in total. The second-order valence-corrected chi connectivity index (χ2v) is 7.55. The van der Waals surface area contributed by atoms with Crippen LogP contribution in [0.15, 0.2) is 72.3 Å². The lowest BCUT2D eigenvalue weighted by Crippen LogP contribution is -2.23. The Bertz CT molecular complexity index is 1150. The van der Waals surface area contributed by atoms with E-state index in [0.717, 1.165) is 11.1 Å². The second-order valence-electron chi connectivity index (χ2n) is 7.15. The minimum absolute atomic E-state index is 0.0348. The number of carbonyl (C=O) groups is 1. The highest BCUT2D eigenvalue weighted by Gasteiger charge is 2.14. The molecule has 5 nitrogen and oxygen atoms in total. The van der Waals surface area contributed by atoms with Crippen molar-refractivity contribution < 1.29 is 14.3 Å². The summed E-state index contributed by atoms with van der Waals surface area (Å²) in [4.78, 5) is 12.5.